The second-order valence-electron chi connectivity index (χ2n) is 1.14. The first kappa shape index (κ1) is 11.2. The highest BCUT2D eigenvalue weighted by molar-refractivity contribution is 5.32. The molecule has 0 saturated carbocycles. The van der Waals surface area contributed by atoms with Gasteiger partial charge in [-0.1, -0.05) is 0 Å². The number of carboxylic acid groups (broad SMARTS) is 1. The molecule has 4 nitrogen and oxygen atoms in total. The van der Waals surface area contributed by atoms with E-state index < -0.39 is 0 Å². The Morgan fingerprint density at radius 3 is 1.67 bits per heavy atom. The van der Waals surface area contributed by atoms with Gasteiger partial charge in [0.15, 0.2) is 6.29 Å². The molecule has 0 spiro atoms. The lowest BCUT2D eigenvalue weighted by atomic mass is 10.8. The maximum Gasteiger partial charge on any atom is 0.290 e. The molecule has 9 heavy (non-hydrogen) atoms. The molecule has 0 fully saturated rings. The van der Waals surface area contributed by atoms with Gasteiger partial charge in [-0.25, -0.2) is 0 Å². The standard InChI is InChI=1S/C4H10O2.CH2O2/c1-4(5-2)6-3;2-1-3/h4H,1-3H3;1H,(H,2,3). The predicted octanol–water partition coefficient (Wildman–Crippen LogP) is 0.326. The molecular formula is C5H12O4. The first-order valence-electron chi connectivity index (χ1n) is 2.36. The molecule has 1 N–H and O–H groups in total. The zero-order valence-electron chi connectivity index (χ0n) is 5.83. The van der Waals surface area contributed by atoms with Crippen LogP contribution < -0.4 is 0 Å². The number of rotatable bonds is 2. The van der Waals surface area contributed by atoms with Gasteiger partial charge in [0, 0.05) is 14.2 Å². The Kier molecular flexibility index (Phi) is 13.0. The quantitative estimate of drug-likeness (QED) is 0.439. The van der Waals surface area contributed by atoms with E-state index >= 15 is 0 Å². The fourth-order valence-electron chi connectivity index (χ4n) is 0.0962. The van der Waals surface area contributed by atoms with E-state index in [9.17, 15) is 0 Å². The molecule has 0 heterocycles. The summed E-state index contributed by atoms with van der Waals surface area (Å²) in [6.45, 7) is 1.58. The highest BCUT2D eigenvalue weighted by Gasteiger charge is 1.87. The van der Waals surface area contributed by atoms with Gasteiger partial charge in [0.1, 0.15) is 0 Å². The Labute approximate surface area is 54.4 Å². The molecular weight excluding hydrogens is 124 g/mol. The van der Waals surface area contributed by atoms with Gasteiger partial charge < -0.3 is 14.6 Å². The average Bonchev–Trinajstić information content (AvgIpc) is 1.88. The van der Waals surface area contributed by atoms with Crippen LogP contribution in [0.3, 0.4) is 0 Å². The summed E-state index contributed by atoms with van der Waals surface area (Å²) in [4.78, 5) is 8.36. The highest BCUT2D eigenvalue weighted by atomic mass is 16.7. The van der Waals surface area contributed by atoms with Gasteiger partial charge in [-0.3, -0.25) is 4.79 Å². The molecule has 0 atom stereocenters. The normalized spacial score (nSPS) is 8.00. The van der Waals surface area contributed by atoms with Crippen molar-refractivity contribution in [2.75, 3.05) is 14.2 Å². The van der Waals surface area contributed by atoms with Crippen LogP contribution in [-0.2, 0) is 14.3 Å². The molecule has 56 valence electrons. The molecule has 0 aliphatic rings. The summed E-state index contributed by atoms with van der Waals surface area (Å²) in [5, 5.41) is 6.89. The fourth-order valence-corrected chi connectivity index (χ4v) is 0.0962. The summed E-state index contributed by atoms with van der Waals surface area (Å²) >= 11 is 0. The summed E-state index contributed by atoms with van der Waals surface area (Å²) in [6, 6.07) is 0. The monoisotopic (exact) mass is 136 g/mol. The van der Waals surface area contributed by atoms with Crippen molar-refractivity contribution < 1.29 is 19.4 Å². The Balaban J connectivity index is 0. The first-order chi connectivity index (χ1) is 4.22. The molecule has 0 aromatic carbocycles. The lowest BCUT2D eigenvalue weighted by Gasteiger charge is -2.03. The number of carbonyl (C=O) groups is 1. The lowest BCUT2D eigenvalue weighted by Crippen LogP contribution is -2.05. The second kappa shape index (κ2) is 10.4. The zero-order valence-corrected chi connectivity index (χ0v) is 5.83. The first-order valence-corrected chi connectivity index (χ1v) is 2.36. The summed E-state index contributed by atoms with van der Waals surface area (Å²) in [7, 11) is 3.21. The number of hydrogen-bond donors (Lipinski definition) is 1. The third-order valence-corrected chi connectivity index (χ3v) is 0.664. The smallest absolute Gasteiger partial charge is 0.290 e. The van der Waals surface area contributed by atoms with E-state index in [2.05, 4.69) is 9.47 Å². The van der Waals surface area contributed by atoms with Crippen molar-refractivity contribution in [3.63, 3.8) is 0 Å². The molecule has 0 amide bonds. The minimum Gasteiger partial charge on any atom is -0.483 e. The van der Waals surface area contributed by atoms with E-state index in [4.69, 9.17) is 9.90 Å². The summed E-state index contributed by atoms with van der Waals surface area (Å²) in [6.07, 6.45) is -0.0648. The molecule has 0 saturated heterocycles. The zero-order chi connectivity index (χ0) is 7.70. The third kappa shape index (κ3) is 18.7. The largest absolute Gasteiger partial charge is 0.483 e. The lowest BCUT2D eigenvalue weighted by molar-refractivity contribution is -0.122. The molecule has 0 aliphatic carbocycles. The maximum absolute atomic E-state index is 8.36. The van der Waals surface area contributed by atoms with Crippen molar-refractivity contribution >= 4 is 6.47 Å². The second-order valence-corrected chi connectivity index (χ2v) is 1.14. The topological polar surface area (TPSA) is 55.8 Å². The van der Waals surface area contributed by atoms with Crippen LogP contribution in [0, 0.1) is 0 Å². The summed E-state index contributed by atoms with van der Waals surface area (Å²) < 4.78 is 9.35. The van der Waals surface area contributed by atoms with Crippen molar-refractivity contribution in [1.29, 1.82) is 0 Å². The molecule has 0 rings (SSSR count). The summed E-state index contributed by atoms with van der Waals surface area (Å²) in [5.74, 6) is 0. The van der Waals surface area contributed by atoms with E-state index in [0.717, 1.165) is 0 Å². The van der Waals surface area contributed by atoms with Gasteiger partial charge in [0.2, 0.25) is 0 Å². The van der Waals surface area contributed by atoms with E-state index in [1.165, 1.54) is 0 Å². The Bertz CT molecular complexity index is 50.9. The van der Waals surface area contributed by atoms with Crippen molar-refractivity contribution in [1.82, 2.24) is 0 Å². The van der Waals surface area contributed by atoms with Gasteiger partial charge in [0.25, 0.3) is 6.47 Å². The molecule has 0 aliphatic heterocycles. The van der Waals surface area contributed by atoms with Gasteiger partial charge >= 0.3 is 0 Å². The minimum absolute atomic E-state index is 0.0648. The van der Waals surface area contributed by atoms with Crippen LogP contribution in [-0.4, -0.2) is 32.1 Å². The van der Waals surface area contributed by atoms with Crippen LogP contribution in [0.1, 0.15) is 6.92 Å². The van der Waals surface area contributed by atoms with Crippen molar-refractivity contribution in [2.45, 2.75) is 13.2 Å². The highest BCUT2D eigenvalue weighted by Crippen LogP contribution is 1.82. The molecule has 0 radical (unpaired) electrons. The molecule has 0 unspecified atom stereocenters. The van der Waals surface area contributed by atoms with Crippen molar-refractivity contribution in [3.05, 3.63) is 0 Å². The Morgan fingerprint density at radius 1 is 1.44 bits per heavy atom. The van der Waals surface area contributed by atoms with Gasteiger partial charge in [-0.15, -0.1) is 0 Å². The van der Waals surface area contributed by atoms with E-state index in [0.29, 0.717) is 0 Å². The molecule has 0 bridgehead atoms. The fraction of sp³-hybridized carbons (Fsp3) is 0.800. The van der Waals surface area contributed by atoms with Crippen molar-refractivity contribution in [2.24, 2.45) is 0 Å². The van der Waals surface area contributed by atoms with Crippen molar-refractivity contribution in [3.8, 4) is 0 Å². The summed E-state index contributed by atoms with van der Waals surface area (Å²) in [5.41, 5.74) is 0. The van der Waals surface area contributed by atoms with Crippen LogP contribution in [0.5, 0.6) is 0 Å². The third-order valence-electron chi connectivity index (χ3n) is 0.664. The van der Waals surface area contributed by atoms with Crippen LogP contribution in [0.4, 0.5) is 0 Å². The number of hydrogen-bond acceptors (Lipinski definition) is 3. The SMILES string of the molecule is COC(C)OC.O=CO. The Hall–Kier alpha value is -0.610. The number of ether oxygens (including phenoxy) is 2. The Morgan fingerprint density at radius 2 is 1.67 bits per heavy atom. The van der Waals surface area contributed by atoms with E-state index in [1.54, 1.807) is 14.2 Å². The van der Waals surface area contributed by atoms with E-state index in [-0.39, 0.29) is 12.8 Å². The van der Waals surface area contributed by atoms with Crippen LogP contribution in [0.2, 0.25) is 0 Å². The van der Waals surface area contributed by atoms with Gasteiger partial charge in [0.05, 0.1) is 0 Å². The molecule has 0 aromatic heterocycles. The maximum atomic E-state index is 8.36. The van der Waals surface area contributed by atoms with Crippen LogP contribution in [0.15, 0.2) is 0 Å². The van der Waals surface area contributed by atoms with Crippen LogP contribution in [0.25, 0.3) is 0 Å². The number of methoxy groups -OCH3 is 2. The minimum atomic E-state index is -0.250. The van der Waals surface area contributed by atoms with E-state index in [1.807, 2.05) is 6.92 Å². The molecule has 0 aromatic rings. The molecule has 4 heteroatoms. The van der Waals surface area contributed by atoms with Crippen LogP contribution >= 0.6 is 0 Å². The van der Waals surface area contributed by atoms with Gasteiger partial charge in [-0.2, -0.15) is 0 Å². The van der Waals surface area contributed by atoms with Gasteiger partial charge in [-0.05, 0) is 6.92 Å². The average molecular weight is 136 g/mol. The predicted molar refractivity (Wildman–Crippen MR) is 32.2 cm³/mol.